The summed E-state index contributed by atoms with van der Waals surface area (Å²) in [7, 11) is 0. The molecule has 1 aliphatic heterocycles. The Morgan fingerprint density at radius 2 is 2.00 bits per heavy atom. The van der Waals surface area contributed by atoms with Gasteiger partial charge in [-0.15, -0.1) is 0 Å². The lowest BCUT2D eigenvalue weighted by Crippen LogP contribution is -2.16. The molecule has 6 nitrogen and oxygen atoms in total. The minimum atomic E-state index is -1.17. The smallest absolute Gasteiger partial charge is 0.335 e. The SMILES string of the molecule is C=C(C)C1=NC(C(CC)=C(C=C(C)C(=O)O)C(=O)O)CO1. The van der Waals surface area contributed by atoms with Gasteiger partial charge in [0.2, 0.25) is 5.90 Å². The van der Waals surface area contributed by atoms with Crippen molar-refractivity contribution in [3.63, 3.8) is 0 Å². The van der Waals surface area contributed by atoms with E-state index >= 15 is 0 Å². The van der Waals surface area contributed by atoms with Gasteiger partial charge in [-0.05, 0) is 31.9 Å². The third kappa shape index (κ3) is 4.05. The van der Waals surface area contributed by atoms with Crippen LogP contribution in [0.25, 0.3) is 0 Å². The quantitative estimate of drug-likeness (QED) is 0.578. The zero-order valence-electron chi connectivity index (χ0n) is 12.3. The fourth-order valence-electron chi connectivity index (χ4n) is 1.96. The summed E-state index contributed by atoms with van der Waals surface area (Å²) in [5.74, 6) is -1.92. The molecular weight excluding hydrogens is 274 g/mol. The number of nitrogens with zero attached hydrogens (tertiary/aromatic N) is 1. The Morgan fingerprint density at radius 3 is 2.38 bits per heavy atom. The maximum Gasteiger partial charge on any atom is 0.335 e. The van der Waals surface area contributed by atoms with Gasteiger partial charge in [0.05, 0.1) is 5.57 Å². The Balaban J connectivity index is 3.29. The monoisotopic (exact) mass is 293 g/mol. The molecule has 2 N–H and O–H groups in total. The van der Waals surface area contributed by atoms with Crippen molar-refractivity contribution in [3.8, 4) is 0 Å². The molecule has 1 rings (SSSR count). The average Bonchev–Trinajstić information content (AvgIpc) is 2.87. The Kier molecular flexibility index (Phi) is 5.46. The molecule has 0 saturated carbocycles. The minimum absolute atomic E-state index is 0.0404. The summed E-state index contributed by atoms with van der Waals surface area (Å²) in [5.41, 5.74) is 1.13. The zero-order valence-corrected chi connectivity index (χ0v) is 12.3. The van der Waals surface area contributed by atoms with E-state index in [4.69, 9.17) is 9.84 Å². The molecule has 0 fully saturated rings. The van der Waals surface area contributed by atoms with E-state index in [1.54, 1.807) is 13.8 Å². The standard InChI is InChI=1S/C15H19NO5/c1-5-10(12-7-21-13(16-12)8(2)3)11(15(19)20)6-9(4)14(17)18/h6,12H,2,5,7H2,1,3-4H3,(H,17,18)(H,19,20). The van der Waals surface area contributed by atoms with Crippen LogP contribution in [0.2, 0.25) is 0 Å². The molecule has 0 aromatic carbocycles. The van der Waals surface area contributed by atoms with Crippen molar-refractivity contribution in [1.82, 2.24) is 0 Å². The lowest BCUT2D eigenvalue weighted by molar-refractivity contribution is -0.132. The number of carboxylic acid groups (broad SMARTS) is 2. The molecule has 1 atom stereocenters. The van der Waals surface area contributed by atoms with Crippen molar-refractivity contribution in [2.24, 2.45) is 4.99 Å². The number of carbonyl (C=O) groups is 2. The third-order valence-electron chi connectivity index (χ3n) is 3.07. The highest BCUT2D eigenvalue weighted by atomic mass is 16.5. The molecule has 0 aliphatic carbocycles. The predicted molar refractivity (Wildman–Crippen MR) is 78.3 cm³/mol. The molecular formula is C15H19NO5. The summed E-state index contributed by atoms with van der Waals surface area (Å²) >= 11 is 0. The van der Waals surface area contributed by atoms with Crippen LogP contribution in [0.15, 0.2) is 39.9 Å². The number of hydrogen-bond acceptors (Lipinski definition) is 4. The van der Waals surface area contributed by atoms with E-state index in [1.165, 1.54) is 6.92 Å². The maximum absolute atomic E-state index is 11.4. The van der Waals surface area contributed by atoms with Crippen molar-refractivity contribution in [1.29, 1.82) is 0 Å². The van der Waals surface area contributed by atoms with Crippen LogP contribution in [0.5, 0.6) is 0 Å². The van der Waals surface area contributed by atoms with E-state index in [9.17, 15) is 14.7 Å². The second-order valence-electron chi connectivity index (χ2n) is 4.77. The van der Waals surface area contributed by atoms with Crippen molar-refractivity contribution in [2.45, 2.75) is 33.2 Å². The van der Waals surface area contributed by atoms with Crippen LogP contribution in [0.1, 0.15) is 27.2 Å². The average molecular weight is 293 g/mol. The Morgan fingerprint density at radius 1 is 1.38 bits per heavy atom. The summed E-state index contributed by atoms with van der Waals surface area (Å²) in [6, 6.07) is -0.425. The van der Waals surface area contributed by atoms with Gasteiger partial charge in [0.15, 0.2) is 0 Å². The number of aliphatic carboxylic acids is 2. The lowest BCUT2D eigenvalue weighted by atomic mass is 9.97. The molecule has 0 bridgehead atoms. The van der Waals surface area contributed by atoms with Gasteiger partial charge < -0.3 is 14.9 Å². The number of ether oxygens (including phenoxy) is 1. The first-order valence-corrected chi connectivity index (χ1v) is 6.52. The van der Waals surface area contributed by atoms with Gasteiger partial charge in [-0.1, -0.05) is 13.5 Å². The molecule has 1 heterocycles. The summed E-state index contributed by atoms with van der Waals surface area (Å²) in [6.45, 7) is 8.88. The van der Waals surface area contributed by atoms with E-state index in [0.717, 1.165) is 6.08 Å². The van der Waals surface area contributed by atoms with Crippen molar-refractivity contribution < 1.29 is 24.5 Å². The Bertz CT molecular complexity index is 569. The van der Waals surface area contributed by atoms with E-state index < -0.39 is 18.0 Å². The Labute approximate surface area is 123 Å². The van der Waals surface area contributed by atoms with Crippen LogP contribution in [-0.2, 0) is 14.3 Å². The number of hydrogen-bond donors (Lipinski definition) is 2. The molecule has 1 aliphatic rings. The molecule has 0 radical (unpaired) electrons. The molecule has 114 valence electrons. The van der Waals surface area contributed by atoms with Crippen molar-refractivity contribution in [3.05, 3.63) is 34.9 Å². The van der Waals surface area contributed by atoms with Gasteiger partial charge in [-0.25, -0.2) is 14.6 Å². The predicted octanol–water partition coefficient (Wildman–Crippen LogP) is 2.18. The zero-order chi connectivity index (χ0) is 16.2. The van der Waals surface area contributed by atoms with Crippen LogP contribution in [0.4, 0.5) is 0 Å². The second-order valence-corrected chi connectivity index (χ2v) is 4.77. The van der Waals surface area contributed by atoms with Gasteiger partial charge in [0.1, 0.15) is 12.6 Å². The molecule has 21 heavy (non-hydrogen) atoms. The largest absolute Gasteiger partial charge is 0.478 e. The van der Waals surface area contributed by atoms with Crippen LogP contribution in [0, 0.1) is 0 Å². The normalized spacial score (nSPS) is 19.5. The fraction of sp³-hybridized carbons (Fsp3) is 0.400. The highest BCUT2D eigenvalue weighted by Gasteiger charge is 2.26. The Hall–Kier alpha value is -2.37. The highest BCUT2D eigenvalue weighted by Crippen LogP contribution is 2.24. The van der Waals surface area contributed by atoms with Gasteiger partial charge in [-0.2, -0.15) is 0 Å². The van der Waals surface area contributed by atoms with E-state index in [0.29, 0.717) is 23.5 Å². The first-order valence-electron chi connectivity index (χ1n) is 6.52. The summed E-state index contributed by atoms with van der Waals surface area (Å²) in [5, 5.41) is 18.2. The first kappa shape index (κ1) is 16.7. The first-order chi connectivity index (χ1) is 9.77. The third-order valence-corrected chi connectivity index (χ3v) is 3.07. The van der Waals surface area contributed by atoms with Crippen LogP contribution < -0.4 is 0 Å². The molecule has 0 saturated heterocycles. The second kappa shape index (κ2) is 6.88. The molecule has 0 amide bonds. The lowest BCUT2D eigenvalue weighted by Gasteiger charge is -2.12. The van der Waals surface area contributed by atoms with Gasteiger partial charge >= 0.3 is 11.9 Å². The number of aliphatic imine (C=N–C) groups is 1. The molecule has 1 unspecified atom stereocenters. The van der Waals surface area contributed by atoms with Crippen molar-refractivity contribution >= 4 is 17.8 Å². The highest BCUT2D eigenvalue weighted by molar-refractivity contribution is 5.96. The fourth-order valence-corrected chi connectivity index (χ4v) is 1.96. The number of carboxylic acids is 2. The summed E-state index contributed by atoms with van der Waals surface area (Å²) in [4.78, 5) is 26.6. The van der Waals surface area contributed by atoms with E-state index in [-0.39, 0.29) is 17.8 Å². The van der Waals surface area contributed by atoms with E-state index in [1.807, 2.05) is 0 Å². The topological polar surface area (TPSA) is 96.2 Å². The summed E-state index contributed by atoms with van der Waals surface area (Å²) < 4.78 is 5.38. The van der Waals surface area contributed by atoms with Gasteiger partial charge in [-0.3, -0.25) is 0 Å². The number of rotatable bonds is 6. The molecule has 6 heteroatoms. The molecule has 0 aromatic heterocycles. The minimum Gasteiger partial charge on any atom is -0.478 e. The van der Waals surface area contributed by atoms with Gasteiger partial charge in [0, 0.05) is 11.1 Å². The summed E-state index contributed by atoms with van der Waals surface area (Å²) in [6.07, 6.45) is 1.60. The van der Waals surface area contributed by atoms with E-state index in [2.05, 4.69) is 11.6 Å². The van der Waals surface area contributed by atoms with Crippen LogP contribution in [-0.4, -0.2) is 40.7 Å². The van der Waals surface area contributed by atoms with Crippen LogP contribution >= 0.6 is 0 Å². The maximum atomic E-state index is 11.4. The van der Waals surface area contributed by atoms with Crippen molar-refractivity contribution in [2.75, 3.05) is 6.61 Å². The molecule has 0 aromatic rings. The van der Waals surface area contributed by atoms with Crippen LogP contribution in [0.3, 0.4) is 0 Å². The molecule has 0 spiro atoms. The van der Waals surface area contributed by atoms with Gasteiger partial charge in [0.25, 0.3) is 0 Å².